The minimum Gasteiger partial charge on any atom is -0.366 e. The summed E-state index contributed by atoms with van der Waals surface area (Å²) in [5.41, 5.74) is 1.11. The first-order valence-corrected chi connectivity index (χ1v) is 11.6. The predicted octanol–water partition coefficient (Wildman–Crippen LogP) is 4.29. The number of halogens is 3. The van der Waals surface area contributed by atoms with Gasteiger partial charge in [-0.1, -0.05) is 23.2 Å². The average Bonchev–Trinajstić information content (AvgIpc) is 3.27. The Balaban J connectivity index is 1.42. The molecule has 1 atom stereocenters. The van der Waals surface area contributed by atoms with Gasteiger partial charge in [0.2, 0.25) is 5.91 Å². The molecule has 0 spiro atoms. The average molecular weight is 492 g/mol. The molecular weight excluding hydrogens is 468 g/mol. The molecule has 2 saturated heterocycles. The molecule has 0 radical (unpaired) electrons. The summed E-state index contributed by atoms with van der Waals surface area (Å²) in [4.78, 5) is 43.0. The number of ketones is 1. The molecule has 174 valence electrons. The van der Waals surface area contributed by atoms with Crippen molar-refractivity contribution in [2.75, 3.05) is 37.6 Å². The Morgan fingerprint density at radius 1 is 0.909 bits per heavy atom. The van der Waals surface area contributed by atoms with Crippen molar-refractivity contribution in [2.24, 2.45) is 0 Å². The van der Waals surface area contributed by atoms with Crippen molar-refractivity contribution >= 4 is 46.5 Å². The summed E-state index contributed by atoms with van der Waals surface area (Å²) in [6.45, 7) is 3.67. The van der Waals surface area contributed by atoms with Crippen molar-refractivity contribution in [2.45, 2.75) is 25.8 Å². The zero-order valence-electron chi connectivity index (χ0n) is 18.2. The molecule has 0 saturated carbocycles. The van der Waals surface area contributed by atoms with Gasteiger partial charge in [-0.25, -0.2) is 4.39 Å². The first-order chi connectivity index (χ1) is 15.7. The Labute approximate surface area is 201 Å². The van der Waals surface area contributed by atoms with Crippen LogP contribution in [0.25, 0.3) is 0 Å². The molecule has 2 amide bonds. The van der Waals surface area contributed by atoms with E-state index in [0.717, 1.165) is 6.42 Å². The molecule has 0 aromatic heterocycles. The highest BCUT2D eigenvalue weighted by Crippen LogP contribution is 2.27. The van der Waals surface area contributed by atoms with Crippen LogP contribution in [0.2, 0.25) is 10.0 Å². The molecule has 9 heteroatoms. The van der Waals surface area contributed by atoms with Crippen molar-refractivity contribution in [3.05, 3.63) is 63.4 Å². The fourth-order valence-corrected chi connectivity index (χ4v) is 5.00. The van der Waals surface area contributed by atoms with Crippen LogP contribution in [0.4, 0.5) is 10.1 Å². The Morgan fingerprint density at radius 3 is 2.18 bits per heavy atom. The molecule has 0 N–H and O–H groups in total. The summed E-state index contributed by atoms with van der Waals surface area (Å²) in [5, 5.41) is 0.736. The Bertz CT molecular complexity index is 1080. The van der Waals surface area contributed by atoms with E-state index in [1.807, 2.05) is 4.90 Å². The smallest absolute Gasteiger partial charge is 0.254 e. The summed E-state index contributed by atoms with van der Waals surface area (Å²) < 4.78 is 14.5. The minimum absolute atomic E-state index is 0.0963. The number of anilines is 1. The van der Waals surface area contributed by atoms with Gasteiger partial charge >= 0.3 is 0 Å². The van der Waals surface area contributed by atoms with Crippen LogP contribution in [0.5, 0.6) is 0 Å². The van der Waals surface area contributed by atoms with Gasteiger partial charge < -0.3 is 14.7 Å². The number of carbonyl (C=O) groups is 3. The van der Waals surface area contributed by atoms with Crippen molar-refractivity contribution < 1.29 is 18.8 Å². The third-order valence-electron chi connectivity index (χ3n) is 6.19. The van der Waals surface area contributed by atoms with Gasteiger partial charge in [0, 0.05) is 53.9 Å². The van der Waals surface area contributed by atoms with Gasteiger partial charge in [-0.15, -0.1) is 0 Å². The number of rotatable bonds is 4. The second-order valence-corrected chi connectivity index (χ2v) is 9.22. The number of likely N-dealkylation sites (tertiary alicyclic amines) is 1. The van der Waals surface area contributed by atoms with E-state index in [4.69, 9.17) is 23.2 Å². The van der Waals surface area contributed by atoms with Crippen LogP contribution < -0.4 is 4.90 Å². The van der Waals surface area contributed by atoms with Gasteiger partial charge in [0.15, 0.2) is 5.78 Å². The van der Waals surface area contributed by atoms with E-state index in [1.165, 1.54) is 13.0 Å². The molecule has 2 fully saturated rings. The number of hydrogen-bond donors (Lipinski definition) is 0. The number of carbonyl (C=O) groups excluding carboxylic acids is 3. The van der Waals surface area contributed by atoms with Crippen molar-refractivity contribution in [1.29, 1.82) is 0 Å². The second kappa shape index (κ2) is 9.69. The molecule has 33 heavy (non-hydrogen) atoms. The van der Waals surface area contributed by atoms with Crippen LogP contribution in [0.15, 0.2) is 36.4 Å². The molecule has 0 aliphatic carbocycles. The van der Waals surface area contributed by atoms with Gasteiger partial charge in [-0.05, 0) is 56.2 Å². The number of Topliss-reactive ketones (excluding diaryl/α,β-unsaturated/α-hetero) is 1. The number of amides is 2. The largest absolute Gasteiger partial charge is 0.366 e. The number of benzene rings is 2. The van der Waals surface area contributed by atoms with Gasteiger partial charge in [0.25, 0.3) is 5.91 Å². The predicted molar refractivity (Wildman–Crippen MR) is 126 cm³/mol. The molecule has 2 aliphatic rings. The quantitative estimate of drug-likeness (QED) is 0.598. The van der Waals surface area contributed by atoms with Gasteiger partial charge in [-0.2, -0.15) is 0 Å². The molecule has 1 unspecified atom stereocenters. The zero-order valence-corrected chi connectivity index (χ0v) is 19.7. The standard InChI is InChI=1S/C24H24Cl2FN3O3/c1-15(31)16-4-5-21(20(27)13-16)28-7-9-29(10-8-28)24(33)22-3-2-6-30(22)23(32)17-11-18(25)14-19(26)12-17/h4-5,11-14,22H,2-3,6-10H2,1H3. The normalized spacial score (nSPS) is 18.5. The fraction of sp³-hybridized carbons (Fsp3) is 0.375. The van der Waals surface area contributed by atoms with Crippen molar-refractivity contribution in [1.82, 2.24) is 9.80 Å². The highest BCUT2D eigenvalue weighted by molar-refractivity contribution is 6.35. The zero-order chi connectivity index (χ0) is 23.7. The van der Waals surface area contributed by atoms with E-state index in [0.29, 0.717) is 66.0 Å². The lowest BCUT2D eigenvalue weighted by Gasteiger charge is -2.38. The molecule has 2 aliphatic heterocycles. The van der Waals surface area contributed by atoms with Gasteiger partial charge in [0.1, 0.15) is 11.9 Å². The maximum Gasteiger partial charge on any atom is 0.254 e. The summed E-state index contributed by atoms with van der Waals surface area (Å²) >= 11 is 12.1. The lowest BCUT2D eigenvalue weighted by atomic mass is 10.1. The van der Waals surface area contributed by atoms with E-state index in [-0.39, 0.29) is 17.6 Å². The third-order valence-corrected chi connectivity index (χ3v) is 6.63. The number of hydrogen-bond acceptors (Lipinski definition) is 4. The van der Waals surface area contributed by atoms with Crippen LogP contribution in [0.3, 0.4) is 0 Å². The van der Waals surface area contributed by atoms with Crippen LogP contribution in [0, 0.1) is 5.82 Å². The van der Waals surface area contributed by atoms with Gasteiger partial charge in [0.05, 0.1) is 5.69 Å². The number of piperazine rings is 1. The molecular formula is C24H24Cl2FN3O3. The van der Waals surface area contributed by atoms with E-state index in [1.54, 1.807) is 40.1 Å². The summed E-state index contributed by atoms with van der Waals surface area (Å²) in [5.74, 6) is -0.996. The van der Waals surface area contributed by atoms with E-state index < -0.39 is 11.9 Å². The molecule has 4 rings (SSSR count). The molecule has 6 nitrogen and oxygen atoms in total. The van der Waals surface area contributed by atoms with E-state index in [2.05, 4.69) is 0 Å². The molecule has 2 aromatic rings. The van der Waals surface area contributed by atoms with Crippen LogP contribution >= 0.6 is 23.2 Å². The lowest BCUT2D eigenvalue weighted by Crippen LogP contribution is -2.54. The Morgan fingerprint density at radius 2 is 1.58 bits per heavy atom. The highest BCUT2D eigenvalue weighted by atomic mass is 35.5. The maximum absolute atomic E-state index is 14.5. The van der Waals surface area contributed by atoms with E-state index >= 15 is 0 Å². The third kappa shape index (κ3) is 4.99. The summed E-state index contributed by atoms with van der Waals surface area (Å²) in [7, 11) is 0. The topological polar surface area (TPSA) is 60.9 Å². The molecule has 2 aromatic carbocycles. The number of nitrogens with zero attached hydrogens (tertiary/aromatic N) is 3. The summed E-state index contributed by atoms with van der Waals surface area (Å²) in [6.07, 6.45) is 1.34. The monoisotopic (exact) mass is 491 g/mol. The van der Waals surface area contributed by atoms with Crippen molar-refractivity contribution in [3.8, 4) is 0 Å². The fourth-order valence-electron chi connectivity index (χ4n) is 4.47. The second-order valence-electron chi connectivity index (χ2n) is 8.35. The molecule has 0 bridgehead atoms. The Kier molecular flexibility index (Phi) is 6.91. The van der Waals surface area contributed by atoms with Crippen LogP contribution in [-0.4, -0.2) is 66.2 Å². The SMILES string of the molecule is CC(=O)c1ccc(N2CCN(C(=O)C3CCCN3C(=O)c3cc(Cl)cc(Cl)c3)CC2)c(F)c1. The maximum atomic E-state index is 14.5. The highest BCUT2D eigenvalue weighted by Gasteiger charge is 2.38. The first-order valence-electron chi connectivity index (χ1n) is 10.9. The van der Waals surface area contributed by atoms with Crippen LogP contribution in [0.1, 0.15) is 40.5 Å². The van der Waals surface area contributed by atoms with E-state index in [9.17, 15) is 18.8 Å². The first kappa shape index (κ1) is 23.5. The minimum atomic E-state index is -0.534. The Hall–Kier alpha value is -2.64. The summed E-state index contributed by atoms with van der Waals surface area (Å²) in [6, 6.07) is 8.61. The van der Waals surface area contributed by atoms with Crippen LogP contribution in [-0.2, 0) is 4.79 Å². The van der Waals surface area contributed by atoms with Gasteiger partial charge in [-0.3, -0.25) is 14.4 Å². The lowest BCUT2D eigenvalue weighted by molar-refractivity contribution is -0.135. The van der Waals surface area contributed by atoms with Crippen molar-refractivity contribution in [3.63, 3.8) is 0 Å². The molecule has 2 heterocycles.